The summed E-state index contributed by atoms with van der Waals surface area (Å²) in [6, 6.07) is 10.9. The van der Waals surface area contributed by atoms with E-state index < -0.39 is 27.8 Å². The summed E-state index contributed by atoms with van der Waals surface area (Å²) in [4.78, 5) is 12.8. The lowest BCUT2D eigenvalue weighted by Crippen LogP contribution is -2.47. The van der Waals surface area contributed by atoms with Crippen molar-refractivity contribution in [2.45, 2.75) is 31.2 Å². The van der Waals surface area contributed by atoms with E-state index in [1.807, 2.05) is 31.2 Å². The van der Waals surface area contributed by atoms with Crippen molar-refractivity contribution in [1.82, 2.24) is 14.9 Å². The fourth-order valence-corrected chi connectivity index (χ4v) is 5.00. The Labute approximate surface area is 192 Å². The van der Waals surface area contributed by atoms with Crippen molar-refractivity contribution in [3.05, 3.63) is 58.8 Å². The van der Waals surface area contributed by atoms with Crippen molar-refractivity contribution < 1.29 is 17.6 Å². The minimum Gasteiger partial charge on any atom is -0.299 e. The lowest BCUT2D eigenvalue weighted by molar-refractivity contribution is -0.118. The fourth-order valence-electron chi connectivity index (χ4n) is 2.68. The molecular formula is C20H20BrFN4O3S2. The van der Waals surface area contributed by atoms with Crippen molar-refractivity contribution >= 4 is 48.3 Å². The summed E-state index contributed by atoms with van der Waals surface area (Å²) in [5, 5.41) is 11.6. The van der Waals surface area contributed by atoms with Gasteiger partial charge in [0.05, 0.1) is 4.90 Å². The molecule has 3 rings (SSSR count). The number of halogens is 2. The number of sulfonamides is 1. The predicted molar refractivity (Wildman–Crippen MR) is 122 cm³/mol. The summed E-state index contributed by atoms with van der Waals surface area (Å²) in [6.45, 7) is 3.62. The van der Waals surface area contributed by atoms with Gasteiger partial charge in [-0.2, -0.15) is 4.72 Å². The molecule has 3 aromatic rings. The standard InChI is InChI=1S/C20H20BrFN4O3S2/c1-3-12(2)17(26-31(28,29)16-10-8-15(22)9-11-16)18(27)23-20-25-24-19(30-20)13-4-6-14(21)7-5-13/h4-12,17,26H,3H2,1-2H3,(H,23,25,27)/t12-,17+/m1/s1. The molecule has 0 aliphatic heterocycles. The van der Waals surface area contributed by atoms with E-state index in [0.29, 0.717) is 11.4 Å². The average Bonchev–Trinajstić information content (AvgIpc) is 3.20. The highest BCUT2D eigenvalue weighted by atomic mass is 79.9. The van der Waals surface area contributed by atoms with Gasteiger partial charge in [-0.3, -0.25) is 10.1 Å². The van der Waals surface area contributed by atoms with Crippen LogP contribution in [0.15, 0.2) is 57.9 Å². The van der Waals surface area contributed by atoms with Crippen LogP contribution in [0.4, 0.5) is 9.52 Å². The van der Waals surface area contributed by atoms with Gasteiger partial charge >= 0.3 is 0 Å². The van der Waals surface area contributed by atoms with Crippen LogP contribution < -0.4 is 10.0 Å². The number of benzene rings is 2. The number of amides is 1. The van der Waals surface area contributed by atoms with Gasteiger partial charge in [-0.05, 0) is 42.3 Å². The van der Waals surface area contributed by atoms with Crippen molar-refractivity contribution in [2.75, 3.05) is 5.32 Å². The molecule has 1 heterocycles. The van der Waals surface area contributed by atoms with Crippen LogP contribution in [0.5, 0.6) is 0 Å². The molecular weight excluding hydrogens is 507 g/mol. The quantitative estimate of drug-likeness (QED) is 0.451. The normalized spacial score (nSPS) is 13.5. The number of anilines is 1. The van der Waals surface area contributed by atoms with Gasteiger partial charge < -0.3 is 0 Å². The second-order valence-electron chi connectivity index (χ2n) is 6.85. The molecule has 7 nitrogen and oxygen atoms in total. The zero-order chi connectivity index (χ0) is 22.6. The number of aromatic nitrogens is 2. The zero-order valence-corrected chi connectivity index (χ0v) is 19.9. The molecule has 0 unspecified atom stereocenters. The molecule has 2 aromatic carbocycles. The van der Waals surface area contributed by atoms with Crippen molar-refractivity contribution in [2.24, 2.45) is 5.92 Å². The topological polar surface area (TPSA) is 101 Å². The fraction of sp³-hybridized carbons (Fsp3) is 0.250. The Hall–Kier alpha value is -2.21. The highest BCUT2D eigenvalue weighted by Gasteiger charge is 2.30. The number of nitrogens with zero attached hydrogens (tertiary/aromatic N) is 2. The zero-order valence-electron chi connectivity index (χ0n) is 16.7. The van der Waals surface area contributed by atoms with Crippen molar-refractivity contribution in [3.8, 4) is 10.6 Å². The molecule has 0 saturated heterocycles. The highest BCUT2D eigenvalue weighted by molar-refractivity contribution is 9.10. The molecule has 2 N–H and O–H groups in total. The van der Waals surface area contributed by atoms with Crippen molar-refractivity contribution in [3.63, 3.8) is 0 Å². The molecule has 0 saturated carbocycles. The van der Waals surface area contributed by atoms with E-state index in [1.165, 1.54) is 11.3 Å². The van der Waals surface area contributed by atoms with E-state index in [1.54, 1.807) is 6.92 Å². The molecule has 0 bridgehead atoms. The number of rotatable bonds is 8. The Morgan fingerprint density at radius 3 is 2.39 bits per heavy atom. The van der Waals surface area contributed by atoms with Gasteiger partial charge in [0.1, 0.15) is 16.9 Å². The molecule has 164 valence electrons. The number of hydrogen-bond donors (Lipinski definition) is 2. The van der Waals surface area contributed by atoms with Gasteiger partial charge in [0.25, 0.3) is 0 Å². The summed E-state index contributed by atoms with van der Waals surface area (Å²) in [6.07, 6.45) is 0.560. The smallest absolute Gasteiger partial charge is 0.244 e. The van der Waals surface area contributed by atoms with Crippen LogP contribution >= 0.6 is 27.3 Å². The Morgan fingerprint density at radius 2 is 1.77 bits per heavy atom. The number of carbonyl (C=O) groups is 1. The van der Waals surface area contributed by atoms with Crippen LogP contribution in [0, 0.1) is 11.7 Å². The van der Waals surface area contributed by atoms with Crippen LogP contribution in [0.1, 0.15) is 20.3 Å². The summed E-state index contributed by atoms with van der Waals surface area (Å²) in [7, 11) is -4.03. The Balaban J connectivity index is 1.77. The maximum atomic E-state index is 13.1. The molecule has 0 aliphatic carbocycles. The predicted octanol–water partition coefficient (Wildman–Crippen LogP) is 4.44. The first-order valence-corrected chi connectivity index (χ1v) is 12.5. The number of hydrogen-bond acceptors (Lipinski definition) is 6. The summed E-state index contributed by atoms with van der Waals surface area (Å²) < 4.78 is 41.9. The maximum absolute atomic E-state index is 13.1. The first-order valence-electron chi connectivity index (χ1n) is 9.38. The SMILES string of the molecule is CC[C@@H](C)[C@H](NS(=O)(=O)c1ccc(F)cc1)C(=O)Nc1nnc(-c2ccc(Br)cc2)s1. The second kappa shape index (κ2) is 9.94. The van der Waals surface area contributed by atoms with Gasteiger partial charge in [-0.25, -0.2) is 12.8 Å². The van der Waals surface area contributed by atoms with Crippen molar-refractivity contribution in [1.29, 1.82) is 0 Å². The van der Waals surface area contributed by atoms with E-state index in [9.17, 15) is 17.6 Å². The van der Waals surface area contributed by atoms with E-state index >= 15 is 0 Å². The van der Waals surface area contributed by atoms with E-state index in [0.717, 1.165) is 34.3 Å². The molecule has 0 radical (unpaired) electrons. The second-order valence-corrected chi connectivity index (χ2v) is 10.5. The molecule has 0 fully saturated rings. The number of nitrogens with one attached hydrogen (secondary N) is 2. The molecule has 11 heteroatoms. The van der Waals surface area contributed by atoms with Crippen LogP contribution in [0.2, 0.25) is 0 Å². The molecule has 31 heavy (non-hydrogen) atoms. The summed E-state index contributed by atoms with van der Waals surface area (Å²) in [5.41, 5.74) is 0.844. The lowest BCUT2D eigenvalue weighted by atomic mass is 9.99. The third-order valence-electron chi connectivity index (χ3n) is 4.65. The Kier molecular flexibility index (Phi) is 7.52. The number of carbonyl (C=O) groups excluding carboxylic acids is 1. The van der Waals surface area contributed by atoms with Gasteiger partial charge in [0.15, 0.2) is 0 Å². The lowest BCUT2D eigenvalue weighted by Gasteiger charge is -2.22. The first kappa shape index (κ1) is 23.5. The third kappa shape index (κ3) is 5.94. The summed E-state index contributed by atoms with van der Waals surface area (Å²) >= 11 is 4.56. The molecule has 1 amide bonds. The van der Waals surface area contributed by atoms with Crippen LogP contribution in [0.25, 0.3) is 10.6 Å². The largest absolute Gasteiger partial charge is 0.299 e. The monoisotopic (exact) mass is 526 g/mol. The molecule has 0 spiro atoms. The van der Waals surface area contributed by atoms with Gasteiger partial charge in [0.2, 0.25) is 21.1 Å². The van der Waals surface area contributed by atoms with E-state index in [2.05, 4.69) is 36.2 Å². The molecule has 1 aromatic heterocycles. The van der Waals surface area contributed by atoms with Gasteiger partial charge in [0, 0.05) is 10.0 Å². The van der Waals surface area contributed by atoms with Crippen LogP contribution in [0.3, 0.4) is 0 Å². The third-order valence-corrected chi connectivity index (χ3v) is 7.52. The summed E-state index contributed by atoms with van der Waals surface area (Å²) in [5.74, 6) is -1.39. The average molecular weight is 527 g/mol. The minimum atomic E-state index is -4.03. The van der Waals surface area contributed by atoms with E-state index in [-0.39, 0.29) is 15.9 Å². The van der Waals surface area contributed by atoms with Crippen LogP contribution in [-0.4, -0.2) is 30.6 Å². The Morgan fingerprint density at radius 1 is 1.13 bits per heavy atom. The minimum absolute atomic E-state index is 0.122. The molecule has 2 atom stereocenters. The molecule has 0 aliphatic rings. The van der Waals surface area contributed by atoms with Gasteiger partial charge in [-0.15, -0.1) is 10.2 Å². The maximum Gasteiger partial charge on any atom is 0.244 e. The highest BCUT2D eigenvalue weighted by Crippen LogP contribution is 2.28. The van der Waals surface area contributed by atoms with E-state index in [4.69, 9.17) is 0 Å². The van der Waals surface area contributed by atoms with Crippen LogP contribution in [-0.2, 0) is 14.8 Å². The van der Waals surface area contributed by atoms with Gasteiger partial charge in [-0.1, -0.05) is 59.7 Å². The first-order chi connectivity index (χ1) is 14.7. The Bertz CT molecular complexity index is 1150.